The minimum absolute atomic E-state index is 0.0688. The molecule has 0 unspecified atom stereocenters. The van der Waals surface area contributed by atoms with Crippen molar-refractivity contribution in [1.82, 2.24) is 20.3 Å². The maximum atomic E-state index is 13.2. The van der Waals surface area contributed by atoms with Gasteiger partial charge in [0.25, 0.3) is 0 Å². The van der Waals surface area contributed by atoms with Gasteiger partial charge < -0.3 is 10.1 Å². The summed E-state index contributed by atoms with van der Waals surface area (Å²) in [5.41, 5.74) is 3.16. The van der Waals surface area contributed by atoms with Gasteiger partial charge in [0.15, 0.2) is 0 Å². The Balaban J connectivity index is 1.53. The van der Waals surface area contributed by atoms with Crippen LogP contribution in [0.25, 0.3) is 0 Å². The maximum absolute atomic E-state index is 13.2. The van der Waals surface area contributed by atoms with Gasteiger partial charge in [0.1, 0.15) is 5.69 Å². The molecule has 0 saturated heterocycles. The minimum atomic E-state index is -0.136. The zero-order valence-electron chi connectivity index (χ0n) is 16.4. The second-order valence-electron chi connectivity index (χ2n) is 7.56. The number of hydrogen-bond acceptors (Lipinski definition) is 4. The number of nitrogens with zero attached hydrogens (tertiary/aromatic N) is 3. The van der Waals surface area contributed by atoms with Crippen molar-refractivity contribution in [3.05, 3.63) is 83.7 Å². The van der Waals surface area contributed by atoms with Gasteiger partial charge in [-0.1, -0.05) is 65.9 Å². The molecule has 150 valence electrons. The van der Waals surface area contributed by atoms with E-state index in [0.29, 0.717) is 32.6 Å². The highest BCUT2D eigenvalue weighted by molar-refractivity contribution is 5.79. The molecule has 6 nitrogen and oxygen atoms in total. The lowest BCUT2D eigenvalue weighted by Crippen LogP contribution is -2.43. The first-order valence-electron chi connectivity index (χ1n) is 10.1. The van der Waals surface area contributed by atoms with Crippen molar-refractivity contribution in [2.45, 2.75) is 38.5 Å². The third-order valence-electron chi connectivity index (χ3n) is 5.23. The van der Waals surface area contributed by atoms with Gasteiger partial charge in [-0.05, 0) is 30.4 Å². The molecule has 2 heterocycles. The summed E-state index contributed by atoms with van der Waals surface area (Å²) in [7, 11) is 0. The normalized spacial score (nSPS) is 20.3. The first-order chi connectivity index (χ1) is 14.3. The highest BCUT2D eigenvalue weighted by atomic mass is 16.5. The number of rotatable bonds is 4. The lowest BCUT2D eigenvalue weighted by molar-refractivity contribution is -0.126. The summed E-state index contributed by atoms with van der Waals surface area (Å²) in [6, 6.07) is 20.3. The Hall–Kier alpha value is -2.99. The first kappa shape index (κ1) is 19.3. The molecule has 2 bridgehead atoms. The van der Waals surface area contributed by atoms with Crippen LogP contribution in [-0.2, 0) is 35.5 Å². The predicted molar refractivity (Wildman–Crippen MR) is 110 cm³/mol. The largest absolute Gasteiger partial charge is 0.373 e. The fraction of sp³-hybridized carbons (Fsp3) is 0.348. The molecule has 6 heteroatoms. The van der Waals surface area contributed by atoms with Crippen molar-refractivity contribution in [2.75, 3.05) is 6.61 Å². The molecule has 1 aromatic heterocycles. The molecule has 1 N–H and O–H groups in total. The van der Waals surface area contributed by atoms with Crippen LogP contribution in [0.4, 0.5) is 0 Å². The summed E-state index contributed by atoms with van der Waals surface area (Å²) < 4.78 is 7.66. The molecule has 1 aliphatic rings. The Morgan fingerprint density at radius 1 is 1.00 bits per heavy atom. The van der Waals surface area contributed by atoms with E-state index >= 15 is 0 Å². The van der Waals surface area contributed by atoms with Gasteiger partial charge in [0, 0.05) is 12.5 Å². The van der Waals surface area contributed by atoms with Gasteiger partial charge in [-0.3, -0.25) is 9.48 Å². The highest BCUT2D eigenvalue weighted by Gasteiger charge is 2.23. The van der Waals surface area contributed by atoms with Crippen LogP contribution in [0.5, 0.6) is 0 Å². The van der Waals surface area contributed by atoms with Gasteiger partial charge in [-0.25, -0.2) is 0 Å². The van der Waals surface area contributed by atoms with E-state index in [-0.39, 0.29) is 17.9 Å². The molecule has 2 atom stereocenters. The van der Waals surface area contributed by atoms with Crippen LogP contribution in [-0.4, -0.2) is 33.5 Å². The second-order valence-corrected chi connectivity index (χ2v) is 7.56. The molecule has 4 rings (SSSR count). The van der Waals surface area contributed by atoms with Gasteiger partial charge in [0.05, 0.1) is 25.5 Å². The van der Waals surface area contributed by atoms with E-state index < -0.39 is 0 Å². The fourth-order valence-electron chi connectivity index (χ4n) is 3.70. The van der Waals surface area contributed by atoms with Crippen LogP contribution < -0.4 is 5.32 Å². The average molecular weight is 390 g/mol. The van der Waals surface area contributed by atoms with E-state index in [1.54, 1.807) is 4.68 Å². The molecular formula is C23H26N4O2. The Morgan fingerprint density at radius 2 is 1.69 bits per heavy atom. The van der Waals surface area contributed by atoms with Crippen molar-refractivity contribution in [2.24, 2.45) is 5.92 Å². The van der Waals surface area contributed by atoms with Crippen LogP contribution >= 0.6 is 0 Å². The molecule has 0 spiro atoms. The van der Waals surface area contributed by atoms with Crippen molar-refractivity contribution < 1.29 is 9.53 Å². The highest BCUT2D eigenvalue weighted by Crippen LogP contribution is 2.16. The third kappa shape index (κ3) is 5.51. The van der Waals surface area contributed by atoms with Crippen LogP contribution in [0.2, 0.25) is 0 Å². The lowest BCUT2D eigenvalue weighted by atomic mass is 9.94. The predicted octanol–water partition coefficient (Wildman–Crippen LogP) is 2.78. The molecule has 3 aromatic rings. The summed E-state index contributed by atoms with van der Waals surface area (Å²) in [5, 5.41) is 11.6. The van der Waals surface area contributed by atoms with E-state index in [0.717, 1.165) is 17.7 Å². The van der Waals surface area contributed by atoms with Crippen molar-refractivity contribution in [1.29, 1.82) is 0 Å². The van der Waals surface area contributed by atoms with Crippen LogP contribution in [0.15, 0.2) is 66.9 Å². The number of amides is 1. The average Bonchev–Trinajstić information content (AvgIpc) is 3.19. The molecule has 1 amide bonds. The van der Waals surface area contributed by atoms with Crippen LogP contribution in [0.3, 0.4) is 0 Å². The zero-order valence-corrected chi connectivity index (χ0v) is 16.4. The van der Waals surface area contributed by atoms with E-state index in [2.05, 4.69) is 39.9 Å². The molecule has 1 aliphatic heterocycles. The number of carbonyl (C=O) groups is 1. The van der Waals surface area contributed by atoms with E-state index in [4.69, 9.17) is 4.74 Å². The Labute approximate surface area is 170 Å². The maximum Gasteiger partial charge on any atom is 0.223 e. The summed E-state index contributed by atoms with van der Waals surface area (Å²) in [5.74, 6) is -0.0675. The quantitative estimate of drug-likeness (QED) is 0.744. The standard InChI is InChI=1S/C23H26N4O2/c28-23-20(13-18-7-3-1-4-8-18)11-12-27-15-22(25-26-27)17-29-16-21(24-23)14-19-9-5-2-6-10-19/h1-10,15,20-21H,11-14,16-17H2,(H,24,28)/t20-,21-/m1/s1. The number of aromatic nitrogens is 3. The van der Waals surface area contributed by atoms with Gasteiger partial charge in [-0.15, -0.1) is 5.10 Å². The summed E-state index contributed by atoms with van der Waals surface area (Å²) in [6.07, 6.45) is 4.05. The van der Waals surface area contributed by atoms with Crippen molar-refractivity contribution >= 4 is 5.91 Å². The second kappa shape index (κ2) is 9.47. The van der Waals surface area contributed by atoms with E-state index in [1.165, 1.54) is 5.56 Å². The monoisotopic (exact) mass is 390 g/mol. The van der Waals surface area contributed by atoms with Gasteiger partial charge in [-0.2, -0.15) is 0 Å². The van der Waals surface area contributed by atoms with Gasteiger partial charge in [0.2, 0.25) is 5.91 Å². The van der Waals surface area contributed by atoms with Crippen molar-refractivity contribution in [3.63, 3.8) is 0 Å². The Kier molecular flexibility index (Phi) is 6.32. The number of ether oxygens (including phenoxy) is 1. The minimum Gasteiger partial charge on any atom is -0.373 e. The summed E-state index contributed by atoms with van der Waals surface area (Å²) in [4.78, 5) is 13.2. The van der Waals surface area contributed by atoms with Crippen LogP contribution in [0, 0.1) is 5.92 Å². The lowest BCUT2D eigenvalue weighted by Gasteiger charge is -2.23. The van der Waals surface area contributed by atoms with Crippen LogP contribution in [0.1, 0.15) is 23.2 Å². The molecular weight excluding hydrogens is 364 g/mol. The number of benzene rings is 2. The molecule has 0 saturated carbocycles. The van der Waals surface area contributed by atoms with Crippen molar-refractivity contribution in [3.8, 4) is 0 Å². The number of fused-ring (bicyclic) bond motifs is 2. The summed E-state index contributed by atoms with van der Waals surface area (Å²) >= 11 is 0. The molecule has 29 heavy (non-hydrogen) atoms. The van der Waals surface area contributed by atoms with E-state index in [1.807, 2.05) is 42.6 Å². The number of carbonyl (C=O) groups excluding carboxylic acids is 1. The third-order valence-corrected chi connectivity index (χ3v) is 5.23. The zero-order chi connectivity index (χ0) is 19.9. The molecule has 0 fully saturated rings. The van der Waals surface area contributed by atoms with E-state index in [9.17, 15) is 4.79 Å². The molecule has 2 aromatic carbocycles. The Morgan fingerprint density at radius 3 is 2.41 bits per heavy atom. The smallest absolute Gasteiger partial charge is 0.223 e. The number of hydrogen-bond donors (Lipinski definition) is 1. The van der Waals surface area contributed by atoms with Gasteiger partial charge >= 0.3 is 0 Å². The molecule has 0 radical (unpaired) electrons. The number of nitrogens with one attached hydrogen (secondary N) is 1. The molecule has 0 aliphatic carbocycles. The Bertz CT molecular complexity index is 911. The fourth-order valence-corrected chi connectivity index (χ4v) is 3.70. The summed E-state index contributed by atoms with van der Waals surface area (Å²) in [6.45, 7) is 1.49. The topological polar surface area (TPSA) is 69.0 Å². The number of aryl methyl sites for hydroxylation is 1. The SMILES string of the molecule is O=C1N[C@H](Cc2ccccc2)COCc2cn(nn2)CC[C@@H]1Cc1ccccc1. The first-order valence-corrected chi connectivity index (χ1v) is 10.1.